The molecule has 1 aromatic heterocycles. The van der Waals surface area contributed by atoms with Crippen molar-refractivity contribution in [3.63, 3.8) is 0 Å². The van der Waals surface area contributed by atoms with E-state index in [2.05, 4.69) is 20.9 Å². The number of alkyl halides is 3. The molecule has 6 nitrogen and oxygen atoms in total. The van der Waals surface area contributed by atoms with Gasteiger partial charge >= 0.3 is 12.2 Å². The van der Waals surface area contributed by atoms with Crippen molar-refractivity contribution in [2.24, 2.45) is 0 Å². The number of aldehydes is 1. The van der Waals surface area contributed by atoms with Gasteiger partial charge in [0.2, 0.25) is 0 Å². The molecule has 158 valence electrons. The van der Waals surface area contributed by atoms with Crippen LogP contribution in [-0.2, 0) is 6.18 Å². The highest BCUT2D eigenvalue weighted by molar-refractivity contribution is 9.10. The van der Waals surface area contributed by atoms with E-state index in [1.54, 1.807) is 17.0 Å². The predicted molar refractivity (Wildman–Crippen MR) is 109 cm³/mol. The maximum Gasteiger partial charge on any atom is 0.418 e. The van der Waals surface area contributed by atoms with Gasteiger partial charge in [0.05, 0.1) is 23.0 Å². The summed E-state index contributed by atoms with van der Waals surface area (Å²) >= 11 is 8.98. The SMILES string of the molecule is O=Cc1nc(Br)ccc1N1CCN2C(=O)N(c3ccc(Cl)cc3C(F)(F)F)CC2C1. The van der Waals surface area contributed by atoms with E-state index in [-0.39, 0.29) is 29.0 Å². The Bertz CT molecular complexity index is 1020. The number of carbonyl (C=O) groups excluding carboxylic acids is 2. The molecular formula is C19H15BrClF3N4O2. The van der Waals surface area contributed by atoms with E-state index in [4.69, 9.17) is 11.6 Å². The van der Waals surface area contributed by atoms with Crippen LogP contribution in [0.1, 0.15) is 16.1 Å². The second-order valence-corrected chi connectivity index (χ2v) is 8.25. The summed E-state index contributed by atoms with van der Waals surface area (Å²) in [5.41, 5.74) is -0.269. The third-order valence-electron chi connectivity index (χ3n) is 5.23. The Morgan fingerprint density at radius 2 is 1.87 bits per heavy atom. The van der Waals surface area contributed by atoms with E-state index in [0.717, 1.165) is 11.0 Å². The number of piperazine rings is 1. The maximum atomic E-state index is 13.5. The van der Waals surface area contributed by atoms with E-state index >= 15 is 0 Å². The Hall–Kier alpha value is -2.33. The molecule has 0 bridgehead atoms. The van der Waals surface area contributed by atoms with Crippen LogP contribution in [0.5, 0.6) is 0 Å². The molecule has 0 radical (unpaired) electrons. The second-order valence-electron chi connectivity index (χ2n) is 7.00. The van der Waals surface area contributed by atoms with Crippen LogP contribution in [0.2, 0.25) is 5.02 Å². The average molecular weight is 504 g/mol. The van der Waals surface area contributed by atoms with Gasteiger partial charge in [0.15, 0.2) is 6.29 Å². The van der Waals surface area contributed by atoms with Gasteiger partial charge in [-0.2, -0.15) is 13.2 Å². The van der Waals surface area contributed by atoms with Gasteiger partial charge in [-0.05, 0) is 46.3 Å². The number of aromatic nitrogens is 1. The van der Waals surface area contributed by atoms with E-state index in [0.29, 0.717) is 36.2 Å². The molecule has 2 saturated heterocycles. The lowest BCUT2D eigenvalue weighted by Crippen LogP contribution is -2.52. The standard InChI is InChI=1S/C19H15BrClF3N4O2/c20-17-4-3-16(14(10-29)25-17)26-5-6-27-12(8-26)9-28(18(27)30)15-2-1-11(21)7-13(15)19(22,23)24/h1-4,7,10,12H,5-6,8-9H2. The van der Waals surface area contributed by atoms with Crippen molar-refractivity contribution in [2.75, 3.05) is 36.0 Å². The number of nitrogens with zero attached hydrogens (tertiary/aromatic N) is 4. The summed E-state index contributed by atoms with van der Waals surface area (Å²) in [6.07, 6.45) is -3.99. The van der Waals surface area contributed by atoms with Gasteiger partial charge in [0, 0.05) is 31.2 Å². The number of benzene rings is 1. The number of hydrogen-bond acceptors (Lipinski definition) is 4. The first-order chi connectivity index (χ1) is 14.2. The lowest BCUT2D eigenvalue weighted by molar-refractivity contribution is -0.137. The zero-order chi connectivity index (χ0) is 21.6. The number of carbonyl (C=O) groups is 2. The van der Waals surface area contributed by atoms with Crippen LogP contribution in [0.15, 0.2) is 34.9 Å². The molecule has 0 N–H and O–H groups in total. The molecule has 11 heteroatoms. The molecule has 0 saturated carbocycles. The Kier molecular flexibility index (Phi) is 5.39. The number of urea groups is 1. The average Bonchev–Trinajstić information content (AvgIpc) is 3.03. The molecule has 2 amide bonds. The van der Waals surface area contributed by atoms with Crippen LogP contribution < -0.4 is 9.80 Å². The summed E-state index contributed by atoms with van der Waals surface area (Å²) in [6.45, 7) is 1.23. The minimum atomic E-state index is -4.64. The molecule has 30 heavy (non-hydrogen) atoms. The molecule has 1 aromatic carbocycles. The summed E-state index contributed by atoms with van der Waals surface area (Å²) in [4.78, 5) is 33.1. The number of pyridine rings is 1. The highest BCUT2D eigenvalue weighted by atomic mass is 79.9. The van der Waals surface area contributed by atoms with Crippen molar-refractivity contribution in [3.8, 4) is 0 Å². The minimum absolute atomic E-state index is 0.0502. The normalized spacial score (nSPS) is 19.3. The second kappa shape index (κ2) is 7.73. The molecular weight excluding hydrogens is 489 g/mol. The minimum Gasteiger partial charge on any atom is -0.366 e. The zero-order valence-electron chi connectivity index (χ0n) is 15.4. The van der Waals surface area contributed by atoms with Crippen molar-refractivity contribution in [1.29, 1.82) is 0 Å². The van der Waals surface area contributed by atoms with Crippen molar-refractivity contribution in [3.05, 3.63) is 51.2 Å². The van der Waals surface area contributed by atoms with Gasteiger partial charge in [-0.3, -0.25) is 9.69 Å². The Morgan fingerprint density at radius 1 is 1.13 bits per heavy atom. The largest absolute Gasteiger partial charge is 0.418 e. The summed E-state index contributed by atoms with van der Waals surface area (Å²) in [6, 6.07) is 6.06. The fourth-order valence-electron chi connectivity index (χ4n) is 3.89. The first-order valence-corrected chi connectivity index (χ1v) is 10.2. The first-order valence-electron chi connectivity index (χ1n) is 9.00. The van der Waals surface area contributed by atoms with E-state index in [1.807, 2.05) is 4.90 Å². The molecule has 4 rings (SSSR count). The predicted octanol–water partition coefficient (Wildman–Crippen LogP) is 4.46. The molecule has 2 fully saturated rings. The Balaban J connectivity index is 1.61. The van der Waals surface area contributed by atoms with Crippen molar-refractivity contribution < 1.29 is 22.8 Å². The smallest absolute Gasteiger partial charge is 0.366 e. The number of hydrogen-bond donors (Lipinski definition) is 0. The van der Waals surface area contributed by atoms with Gasteiger partial charge in [-0.15, -0.1) is 0 Å². The molecule has 3 heterocycles. The number of anilines is 2. The van der Waals surface area contributed by atoms with E-state index in [9.17, 15) is 22.8 Å². The highest BCUT2D eigenvalue weighted by Crippen LogP contribution is 2.40. The van der Waals surface area contributed by atoms with Gasteiger partial charge in [-0.1, -0.05) is 11.6 Å². The van der Waals surface area contributed by atoms with Gasteiger partial charge in [0.1, 0.15) is 10.3 Å². The van der Waals surface area contributed by atoms with E-state index < -0.39 is 17.8 Å². The molecule has 0 spiro atoms. The summed E-state index contributed by atoms with van der Waals surface area (Å²) in [7, 11) is 0. The maximum absolute atomic E-state index is 13.5. The number of halogens is 5. The van der Waals surface area contributed by atoms with Crippen LogP contribution in [0.25, 0.3) is 0 Å². The summed E-state index contributed by atoms with van der Waals surface area (Å²) in [5, 5.41) is -0.0502. The van der Waals surface area contributed by atoms with Gasteiger partial charge in [-0.25, -0.2) is 9.78 Å². The van der Waals surface area contributed by atoms with Gasteiger partial charge < -0.3 is 9.80 Å². The van der Waals surface area contributed by atoms with Crippen molar-refractivity contribution in [1.82, 2.24) is 9.88 Å². The zero-order valence-corrected chi connectivity index (χ0v) is 17.7. The quantitative estimate of drug-likeness (QED) is 0.458. The third-order valence-corrected chi connectivity index (χ3v) is 5.90. The van der Waals surface area contributed by atoms with Crippen LogP contribution in [0.3, 0.4) is 0 Å². The Morgan fingerprint density at radius 3 is 2.57 bits per heavy atom. The van der Waals surface area contributed by atoms with Crippen LogP contribution in [-0.4, -0.2) is 54.4 Å². The molecule has 2 aromatic rings. The monoisotopic (exact) mass is 502 g/mol. The van der Waals surface area contributed by atoms with Crippen LogP contribution in [0, 0.1) is 0 Å². The summed E-state index contributed by atoms with van der Waals surface area (Å²) in [5.74, 6) is 0. The van der Waals surface area contributed by atoms with Crippen molar-refractivity contribution >= 4 is 51.2 Å². The fourth-order valence-corrected chi connectivity index (χ4v) is 4.39. The van der Waals surface area contributed by atoms with Crippen LogP contribution in [0.4, 0.5) is 29.3 Å². The van der Waals surface area contributed by atoms with Crippen molar-refractivity contribution in [2.45, 2.75) is 12.2 Å². The third kappa shape index (κ3) is 3.74. The number of rotatable bonds is 3. The topological polar surface area (TPSA) is 56.8 Å². The lowest BCUT2D eigenvalue weighted by Gasteiger charge is -2.37. The molecule has 1 atom stereocenters. The number of fused-ring (bicyclic) bond motifs is 1. The van der Waals surface area contributed by atoms with Gasteiger partial charge in [0.25, 0.3) is 0 Å². The molecule has 2 aliphatic rings. The first kappa shape index (κ1) is 20.9. The lowest BCUT2D eigenvalue weighted by atomic mass is 10.1. The molecule has 2 aliphatic heterocycles. The number of amides is 2. The molecule has 1 unspecified atom stereocenters. The molecule has 0 aliphatic carbocycles. The Labute approximate surface area is 183 Å². The summed E-state index contributed by atoms with van der Waals surface area (Å²) < 4.78 is 41.1. The van der Waals surface area contributed by atoms with E-state index in [1.165, 1.54) is 12.1 Å². The van der Waals surface area contributed by atoms with Crippen LogP contribution >= 0.6 is 27.5 Å². The fraction of sp³-hybridized carbons (Fsp3) is 0.316. The highest BCUT2D eigenvalue weighted by Gasteiger charge is 2.44.